The zero-order valence-corrected chi connectivity index (χ0v) is 12.8. The van der Waals surface area contributed by atoms with Crippen LogP contribution < -0.4 is 11.1 Å². The minimum absolute atomic E-state index is 0.288. The van der Waals surface area contributed by atoms with Crippen molar-refractivity contribution in [3.8, 4) is 10.6 Å². The third kappa shape index (κ3) is 2.53. The Kier molecular flexibility index (Phi) is 3.44. The number of pyridine rings is 1. The van der Waals surface area contributed by atoms with Crippen LogP contribution in [0.15, 0.2) is 24.4 Å². The highest BCUT2D eigenvalue weighted by atomic mass is 32.1. The predicted octanol–water partition coefficient (Wildman–Crippen LogP) is 2.86. The molecular weight excluding hydrogens is 298 g/mol. The molecule has 0 unspecified atom stereocenters. The highest BCUT2D eigenvalue weighted by Gasteiger charge is 2.17. The average Bonchev–Trinajstić information content (AvgIpc) is 3.24. The summed E-state index contributed by atoms with van der Waals surface area (Å²) in [5, 5.41) is 10.5. The fourth-order valence-electron chi connectivity index (χ4n) is 2.73. The number of H-pyrrole nitrogens is 1. The van der Waals surface area contributed by atoms with Crippen LogP contribution >= 0.6 is 11.3 Å². The van der Waals surface area contributed by atoms with Crippen molar-refractivity contribution in [3.63, 3.8) is 0 Å². The lowest BCUT2D eigenvalue weighted by Gasteiger charge is -2.12. The normalized spacial score (nSPS) is 18.1. The number of hydrogen-bond acceptors (Lipinski definition) is 6. The summed E-state index contributed by atoms with van der Waals surface area (Å²) in [6, 6.07) is 5.89. The van der Waals surface area contributed by atoms with E-state index in [1.54, 1.807) is 17.5 Å². The van der Waals surface area contributed by atoms with Gasteiger partial charge in [-0.1, -0.05) is 0 Å². The molecule has 6 nitrogen and oxygen atoms in total. The smallest absolute Gasteiger partial charge is 0.126 e. The molecule has 0 aliphatic carbocycles. The molecule has 0 bridgehead atoms. The molecule has 1 saturated heterocycles. The van der Waals surface area contributed by atoms with E-state index >= 15 is 0 Å². The van der Waals surface area contributed by atoms with E-state index in [2.05, 4.69) is 20.5 Å². The number of hydrogen-bond donors (Lipinski definition) is 3. The summed E-state index contributed by atoms with van der Waals surface area (Å²) in [6.45, 7) is 1.67. The largest absolute Gasteiger partial charge is 0.384 e. The van der Waals surface area contributed by atoms with Gasteiger partial charge in [-0.2, -0.15) is 5.10 Å². The van der Waals surface area contributed by atoms with Crippen molar-refractivity contribution in [1.82, 2.24) is 15.2 Å². The first-order valence-electron chi connectivity index (χ1n) is 7.35. The summed E-state index contributed by atoms with van der Waals surface area (Å²) in [5.41, 5.74) is 8.86. The number of nitrogens with zero attached hydrogens (tertiary/aromatic N) is 2. The zero-order valence-electron chi connectivity index (χ0n) is 12.0. The number of rotatable bonds is 4. The molecule has 7 heteroatoms. The van der Waals surface area contributed by atoms with Gasteiger partial charge in [0, 0.05) is 25.4 Å². The molecule has 1 fully saturated rings. The molecule has 3 aromatic heterocycles. The number of nitrogen functional groups attached to an aromatic ring is 1. The maximum absolute atomic E-state index is 5.94. The second-order valence-corrected chi connectivity index (χ2v) is 6.46. The SMILES string of the molecule is Nc1cc(NC[C@@H]2CCCO2)c2sc(-c3ccn[nH]3)cc2n1. The molecule has 4 rings (SSSR count). The second-order valence-electron chi connectivity index (χ2n) is 5.41. The van der Waals surface area contributed by atoms with E-state index in [1.165, 1.54) is 0 Å². The van der Waals surface area contributed by atoms with E-state index in [0.29, 0.717) is 5.82 Å². The van der Waals surface area contributed by atoms with Crippen LogP contribution in [-0.2, 0) is 4.74 Å². The minimum atomic E-state index is 0.288. The number of nitrogens with one attached hydrogen (secondary N) is 2. The molecule has 0 saturated carbocycles. The van der Waals surface area contributed by atoms with E-state index in [1.807, 2.05) is 18.2 Å². The molecule has 1 atom stereocenters. The number of thiophene rings is 1. The number of ether oxygens (including phenoxy) is 1. The highest BCUT2D eigenvalue weighted by Crippen LogP contribution is 2.36. The van der Waals surface area contributed by atoms with Gasteiger partial charge in [0.1, 0.15) is 5.82 Å². The quantitative estimate of drug-likeness (QED) is 0.689. The van der Waals surface area contributed by atoms with E-state index < -0.39 is 0 Å². The van der Waals surface area contributed by atoms with Gasteiger partial charge >= 0.3 is 0 Å². The van der Waals surface area contributed by atoms with Gasteiger partial charge in [-0.25, -0.2) is 4.98 Å². The number of anilines is 2. The summed E-state index contributed by atoms with van der Waals surface area (Å²) in [6.07, 6.45) is 4.29. The molecule has 114 valence electrons. The van der Waals surface area contributed by atoms with Gasteiger partial charge in [-0.3, -0.25) is 5.10 Å². The molecular formula is C15H17N5OS. The predicted molar refractivity (Wildman–Crippen MR) is 89.1 cm³/mol. The first-order chi connectivity index (χ1) is 10.8. The maximum atomic E-state index is 5.94. The topological polar surface area (TPSA) is 88.9 Å². The van der Waals surface area contributed by atoms with E-state index in [4.69, 9.17) is 10.5 Å². The van der Waals surface area contributed by atoms with Gasteiger partial charge in [-0.15, -0.1) is 11.3 Å². The molecule has 0 spiro atoms. The van der Waals surface area contributed by atoms with Crippen LogP contribution in [0.2, 0.25) is 0 Å². The lowest BCUT2D eigenvalue weighted by molar-refractivity contribution is 0.120. The van der Waals surface area contributed by atoms with Gasteiger partial charge < -0.3 is 15.8 Å². The standard InChI is InChI=1S/C15H17N5OS/c16-14-7-11(17-8-9-2-1-5-21-9)15-12(19-14)6-13(22-15)10-3-4-18-20-10/h3-4,6-7,9H,1-2,5,8H2,(H,18,20)(H3,16,17,19)/t9-/m0/s1. The Balaban J connectivity index is 1.67. The molecule has 4 heterocycles. The number of aromatic amines is 1. The molecule has 0 aromatic carbocycles. The fourth-order valence-corrected chi connectivity index (χ4v) is 3.79. The Morgan fingerprint density at radius 2 is 2.41 bits per heavy atom. The van der Waals surface area contributed by atoms with Crippen molar-refractivity contribution in [1.29, 1.82) is 0 Å². The summed E-state index contributed by atoms with van der Waals surface area (Å²) >= 11 is 1.68. The van der Waals surface area contributed by atoms with Gasteiger partial charge in [-0.05, 0) is 25.0 Å². The monoisotopic (exact) mass is 315 g/mol. The van der Waals surface area contributed by atoms with Crippen LogP contribution in [0.5, 0.6) is 0 Å². The molecule has 0 radical (unpaired) electrons. The van der Waals surface area contributed by atoms with Gasteiger partial charge in [0.2, 0.25) is 0 Å². The number of aromatic nitrogens is 3. The Morgan fingerprint density at radius 1 is 1.45 bits per heavy atom. The lowest BCUT2D eigenvalue weighted by atomic mass is 10.2. The van der Waals surface area contributed by atoms with Crippen LogP contribution in [0, 0.1) is 0 Å². The first kappa shape index (κ1) is 13.5. The van der Waals surface area contributed by atoms with Gasteiger partial charge in [0.15, 0.2) is 0 Å². The summed E-state index contributed by atoms with van der Waals surface area (Å²) in [7, 11) is 0. The molecule has 22 heavy (non-hydrogen) atoms. The Morgan fingerprint density at radius 3 is 3.18 bits per heavy atom. The Bertz CT molecular complexity index is 777. The van der Waals surface area contributed by atoms with E-state index in [-0.39, 0.29) is 6.10 Å². The van der Waals surface area contributed by atoms with Crippen LogP contribution in [0.25, 0.3) is 20.8 Å². The lowest BCUT2D eigenvalue weighted by Crippen LogP contribution is -2.18. The zero-order chi connectivity index (χ0) is 14.9. The molecule has 4 N–H and O–H groups in total. The van der Waals surface area contributed by atoms with E-state index in [0.717, 1.165) is 52.5 Å². The van der Waals surface area contributed by atoms with Crippen LogP contribution in [0.3, 0.4) is 0 Å². The summed E-state index contributed by atoms with van der Waals surface area (Å²) in [5.74, 6) is 0.524. The highest BCUT2D eigenvalue weighted by molar-refractivity contribution is 7.22. The van der Waals surface area contributed by atoms with E-state index in [9.17, 15) is 0 Å². The van der Waals surface area contributed by atoms with Crippen molar-refractivity contribution >= 4 is 33.1 Å². The minimum Gasteiger partial charge on any atom is -0.384 e. The Hall–Kier alpha value is -2.12. The molecule has 1 aliphatic rings. The second kappa shape index (κ2) is 5.58. The average molecular weight is 315 g/mol. The van der Waals surface area contributed by atoms with Crippen molar-refractivity contribution in [2.24, 2.45) is 0 Å². The van der Waals surface area contributed by atoms with Crippen LogP contribution in [-0.4, -0.2) is 34.4 Å². The number of fused-ring (bicyclic) bond motifs is 1. The van der Waals surface area contributed by atoms with Gasteiger partial charge in [0.05, 0.1) is 32.6 Å². The summed E-state index contributed by atoms with van der Waals surface area (Å²) < 4.78 is 6.77. The summed E-state index contributed by atoms with van der Waals surface area (Å²) in [4.78, 5) is 5.53. The van der Waals surface area contributed by atoms with Crippen LogP contribution in [0.1, 0.15) is 12.8 Å². The first-order valence-corrected chi connectivity index (χ1v) is 8.16. The molecule has 0 amide bonds. The third-order valence-corrected chi connectivity index (χ3v) is 5.00. The maximum Gasteiger partial charge on any atom is 0.126 e. The molecule has 3 aromatic rings. The third-order valence-electron chi connectivity index (χ3n) is 3.81. The van der Waals surface area contributed by atoms with Crippen molar-refractivity contribution < 1.29 is 4.74 Å². The van der Waals surface area contributed by atoms with Crippen LogP contribution in [0.4, 0.5) is 11.5 Å². The van der Waals surface area contributed by atoms with Gasteiger partial charge in [0.25, 0.3) is 0 Å². The van der Waals surface area contributed by atoms with Crippen molar-refractivity contribution in [3.05, 3.63) is 24.4 Å². The Labute approximate surface area is 131 Å². The van der Waals surface area contributed by atoms with Crippen molar-refractivity contribution in [2.45, 2.75) is 18.9 Å². The fraction of sp³-hybridized carbons (Fsp3) is 0.333. The van der Waals surface area contributed by atoms with Crippen molar-refractivity contribution in [2.75, 3.05) is 24.2 Å². The molecule has 1 aliphatic heterocycles. The number of nitrogens with two attached hydrogens (primary N) is 1.